The summed E-state index contributed by atoms with van der Waals surface area (Å²) in [4.78, 5) is 0. The zero-order chi connectivity index (χ0) is 15.6. The molecule has 2 atom stereocenters. The molecule has 5 nitrogen and oxygen atoms in total. The fourth-order valence-electron chi connectivity index (χ4n) is 3.27. The first kappa shape index (κ1) is 18.8. The van der Waals surface area contributed by atoms with Crippen molar-refractivity contribution >= 4 is 0 Å². The van der Waals surface area contributed by atoms with Crippen LogP contribution >= 0.6 is 0 Å². The lowest BCUT2D eigenvalue weighted by Crippen LogP contribution is -2.54. The minimum atomic E-state index is -0.105. The van der Waals surface area contributed by atoms with Gasteiger partial charge in [0.2, 0.25) is 0 Å². The largest absolute Gasteiger partial charge is 0.394 e. The summed E-state index contributed by atoms with van der Waals surface area (Å²) < 4.78 is 15.9. The van der Waals surface area contributed by atoms with Crippen LogP contribution in [0.5, 0.6) is 0 Å². The number of nitrogens with one attached hydrogen (secondary N) is 1. The van der Waals surface area contributed by atoms with Crippen molar-refractivity contribution in [3.63, 3.8) is 0 Å². The predicted octanol–water partition coefficient (Wildman–Crippen LogP) is 1.59. The van der Waals surface area contributed by atoms with Gasteiger partial charge in [-0.15, -0.1) is 0 Å². The van der Waals surface area contributed by atoms with E-state index in [2.05, 4.69) is 19.2 Å². The molecule has 5 heteroatoms. The van der Waals surface area contributed by atoms with Crippen LogP contribution in [-0.2, 0) is 14.2 Å². The molecule has 2 unspecified atom stereocenters. The number of rotatable bonds is 12. The Morgan fingerprint density at radius 3 is 2.43 bits per heavy atom. The molecule has 1 fully saturated rings. The lowest BCUT2D eigenvalue weighted by molar-refractivity contribution is 0.0167. The van der Waals surface area contributed by atoms with Crippen LogP contribution in [0.2, 0.25) is 0 Å². The number of aliphatic hydroxyl groups is 1. The smallest absolute Gasteiger partial charge is 0.0701 e. The minimum Gasteiger partial charge on any atom is -0.394 e. The highest BCUT2D eigenvalue weighted by Gasteiger charge is 2.42. The van der Waals surface area contributed by atoms with Gasteiger partial charge in [-0.2, -0.15) is 0 Å². The number of hydrogen-bond donors (Lipinski definition) is 2. The highest BCUT2D eigenvalue weighted by atomic mass is 16.5. The average Bonchev–Trinajstić information content (AvgIpc) is 2.84. The van der Waals surface area contributed by atoms with Crippen LogP contribution in [0.25, 0.3) is 0 Å². The Morgan fingerprint density at radius 2 is 1.81 bits per heavy atom. The van der Waals surface area contributed by atoms with Gasteiger partial charge in [0.25, 0.3) is 0 Å². The van der Waals surface area contributed by atoms with E-state index >= 15 is 0 Å². The maximum Gasteiger partial charge on any atom is 0.0701 e. The molecule has 0 aromatic heterocycles. The summed E-state index contributed by atoms with van der Waals surface area (Å²) >= 11 is 0. The highest BCUT2D eigenvalue weighted by molar-refractivity contribution is 4.99. The summed E-state index contributed by atoms with van der Waals surface area (Å²) in [5.41, 5.74) is -0.105. The van der Waals surface area contributed by atoms with Crippen molar-refractivity contribution in [1.29, 1.82) is 0 Å². The monoisotopic (exact) mass is 303 g/mol. The summed E-state index contributed by atoms with van der Waals surface area (Å²) in [7, 11) is 1.67. The summed E-state index contributed by atoms with van der Waals surface area (Å²) in [5.74, 6) is 0.499. The first-order valence-electron chi connectivity index (χ1n) is 8.17. The molecule has 0 heterocycles. The van der Waals surface area contributed by atoms with E-state index in [1.54, 1.807) is 7.11 Å². The number of aliphatic hydroxyl groups excluding tert-OH is 1. The van der Waals surface area contributed by atoms with E-state index in [0.29, 0.717) is 38.4 Å². The Hall–Kier alpha value is -0.200. The van der Waals surface area contributed by atoms with Crippen molar-refractivity contribution in [3.8, 4) is 0 Å². The first-order chi connectivity index (χ1) is 10.1. The van der Waals surface area contributed by atoms with Gasteiger partial charge < -0.3 is 24.6 Å². The number of ether oxygens (including phenoxy) is 3. The summed E-state index contributed by atoms with van der Waals surface area (Å²) in [6, 6.07) is 0.396. The zero-order valence-electron chi connectivity index (χ0n) is 13.9. The molecule has 2 N–H and O–H groups in total. The lowest BCUT2D eigenvalue weighted by atomic mass is 9.85. The number of hydrogen-bond acceptors (Lipinski definition) is 5. The molecule has 0 spiro atoms. The van der Waals surface area contributed by atoms with E-state index in [1.165, 1.54) is 12.8 Å². The second-order valence-electron chi connectivity index (χ2n) is 6.21. The van der Waals surface area contributed by atoms with Crippen LogP contribution in [0.1, 0.15) is 39.5 Å². The molecule has 21 heavy (non-hydrogen) atoms. The third-order valence-electron chi connectivity index (χ3n) is 4.23. The number of methoxy groups -OCH3 is 1. The Bertz CT molecular complexity index is 263. The third kappa shape index (κ3) is 6.61. The fraction of sp³-hybridized carbons (Fsp3) is 1.00. The van der Waals surface area contributed by atoms with Crippen LogP contribution in [0, 0.1) is 5.92 Å². The molecular weight excluding hydrogens is 270 g/mol. The van der Waals surface area contributed by atoms with E-state index in [0.717, 1.165) is 19.4 Å². The van der Waals surface area contributed by atoms with Gasteiger partial charge in [-0.25, -0.2) is 0 Å². The molecule has 0 radical (unpaired) electrons. The van der Waals surface area contributed by atoms with Gasteiger partial charge in [0.05, 0.1) is 33.0 Å². The maximum absolute atomic E-state index is 9.82. The Kier molecular flexibility index (Phi) is 9.44. The van der Waals surface area contributed by atoms with Crippen LogP contribution < -0.4 is 5.32 Å². The highest BCUT2D eigenvalue weighted by Crippen LogP contribution is 2.38. The van der Waals surface area contributed by atoms with Gasteiger partial charge in [0.1, 0.15) is 0 Å². The van der Waals surface area contributed by atoms with Crippen molar-refractivity contribution in [2.24, 2.45) is 5.92 Å². The summed E-state index contributed by atoms with van der Waals surface area (Å²) in [5, 5.41) is 13.4. The quantitative estimate of drug-likeness (QED) is 0.536. The standard InChI is InChI=1S/C16H33NO4/c1-14(2)17-16(13-18)7-4-5-15(16)6-8-20-11-12-21-10-9-19-3/h14-15,17-18H,4-13H2,1-3H3. The van der Waals surface area contributed by atoms with Crippen LogP contribution in [-0.4, -0.2) is 63.4 Å². The SMILES string of the molecule is COCCOCCOCCC1CCCC1(CO)NC(C)C. The van der Waals surface area contributed by atoms with Crippen molar-refractivity contribution in [1.82, 2.24) is 5.32 Å². The molecular formula is C16H33NO4. The van der Waals surface area contributed by atoms with Crippen molar-refractivity contribution < 1.29 is 19.3 Å². The van der Waals surface area contributed by atoms with E-state index in [1.807, 2.05) is 0 Å². The van der Waals surface area contributed by atoms with E-state index < -0.39 is 0 Å². The lowest BCUT2D eigenvalue weighted by Gasteiger charge is -2.37. The van der Waals surface area contributed by atoms with Gasteiger partial charge in [-0.05, 0) is 25.2 Å². The topological polar surface area (TPSA) is 60.0 Å². The van der Waals surface area contributed by atoms with Gasteiger partial charge >= 0.3 is 0 Å². The van der Waals surface area contributed by atoms with E-state index in [-0.39, 0.29) is 12.1 Å². The van der Waals surface area contributed by atoms with Crippen LogP contribution in [0.3, 0.4) is 0 Å². The fourth-order valence-corrected chi connectivity index (χ4v) is 3.27. The Labute approximate surface area is 129 Å². The molecule has 1 aliphatic carbocycles. The molecule has 0 aromatic rings. The van der Waals surface area contributed by atoms with Gasteiger partial charge in [0, 0.05) is 25.3 Å². The van der Waals surface area contributed by atoms with Crippen molar-refractivity contribution in [2.45, 2.75) is 51.1 Å². The predicted molar refractivity (Wildman–Crippen MR) is 83.6 cm³/mol. The van der Waals surface area contributed by atoms with Crippen molar-refractivity contribution in [3.05, 3.63) is 0 Å². The third-order valence-corrected chi connectivity index (χ3v) is 4.23. The molecule has 0 aromatic carbocycles. The maximum atomic E-state index is 9.82. The summed E-state index contributed by atoms with van der Waals surface area (Å²) in [6.45, 7) is 7.72. The van der Waals surface area contributed by atoms with Gasteiger partial charge in [-0.3, -0.25) is 0 Å². The molecule has 0 saturated heterocycles. The average molecular weight is 303 g/mol. The van der Waals surface area contributed by atoms with Gasteiger partial charge in [0.15, 0.2) is 0 Å². The zero-order valence-corrected chi connectivity index (χ0v) is 13.9. The first-order valence-corrected chi connectivity index (χ1v) is 8.17. The van der Waals surface area contributed by atoms with E-state index in [4.69, 9.17) is 14.2 Å². The second-order valence-corrected chi connectivity index (χ2v) is 6.21. The van der Waals surface area contributed by atoms with Crippen LogP contribution in [0.4, 0.5) is 0 Å². The van der Waals surface area contributed by atoms with Crippen molar-refractivity contribution in [2.75, 3.05) is 46.8 Å². The molecule has 126 valence electrons. The van der Waals surface area contributed by atoms with Gasteiger partial charge in [-0.1, -0.05) is 20.3 Å². The Balaban J connectivity index is 2.18. The molecule has 0 amide bonds. The van der Waals surface area contributed by atoms with E-state index in [9.17, 15) is 5.11 Å². The summed E-state index contributed by atoms with van der Waals surface area (Å²) in [6.07, 6.45) is 4.42. The normalized spacial score (nSPS) is 25.9. The molecule has 1 rings (SSSR count). The van der Waals surface area contributed by atoms with Crippen LogP contribution in [0.15, 0.2) is 0 Å². The molecule has 1 saturated carbocycles. The molecule has 1 aliphatic rings. The Morgan fingerprint density at radius 1 is 1.14 bits per heavy atom. The molecule has 0 bridgehead atoms. The second kappa shape index (κ2) is 10.5. The molecule has 0 aliphatic heterocycles. The minimum absolute atomic E-state index is 0.105.